The zero-order chi connectivity index (χ0) is 8.39. The number of aromatic nitrogens is 1. The lowest BCUT2D eigenvalue weighted by molar-refractivity contribution is -0.134. The van der Waals surface area contributed by atoms with Crippen LogP contribution in [0.4, 0.5) is 0 Å². The van der Waals surface area contributed by atoms with E-state index in [4.69, 9.17) is 4.74 Å². The lowest BCUT2D eigenvalue weighted by atomic mass is 10.2. The summed E-state index contributed by atoms with van der Waals surface area (Å²) < 4.78 is 4.79. The molecular formula is C9H9NO2. The summed E-state index contributed by atoms with van der Waals surface area (Å²) in [7, 11) is 0. The summed E-state index contributed by atoms with van der Waals surface area (Å²) in [5.41, 5.74) is 1.70. The second kappa shape index (κ2) is 2.85. The average Bonchev–Trinajstić information content (AvgIpc) is 2.65. The first kappa shape index (κ1) is 7.16. The fourth-order valence-electron chi connectivity index (χ4n) is 1.20. The van der Waals surface area contributed by atoms with Crippen molar-refractivity contribution in [3.63, 3.8) is 0 Å². The third-order valence-corrected chi connectivity index (χ3v) is 1.82. The molecule has 0 radical (unpaired) electrons. The number of cyclic esters (lactones) is 1. The molecule has 0 aliphatic carbocycles. The van der Waals surface area contributed by atoms with Crippen molar-refractivity contribution in [2.45, 2.75) is 6.42 Å². The first-order chi connectivity index (χ1) is 5.86. The van der Waals surface area contributed by atoms with Crippen LogP contribution >= 0.6 is 0 Å². The van der Waals surface area contributed by atoms with Crippen LogP contribution in [0.3, 0.4) is 0 Å². The lowest BCUT2D eigenvalue weighted by Gasteiger charge is -1.89. The molecule has 1 aliphatic heterocycles. The van der Waals surface area contributed by atoms with Gasteiger partial charge < -0.3 is 9.72 Å². The van der Waals surface area contributed by atoms with E-state index >= 15 is 0 Å². The van der Waals surface area contributed by atoms with E-state index in [2.05, 4.69) is 4.98 Å². The zero-order valence-electron chi connectivity index (χ0n) is 6.54. The number of nitrogens with one attached hydrogen (secondary N) is 1. The number of aromatic amines is 1. The van der Waals surface area contributed by atoms with E-state index in [0.29, 0.717) is 6.61 Å². The molecule has 1 saturated heterocycles. The van der Waals surface area contributed by atoms with Crippen LogP contribution in [0.25, 0.3) is 6.08 Å². The van der Waals surface area contributed by atoms with Gasteiger partial charge in [-0.15, -0.1) is 0 Å². The number of carbonyl (C=O) groups excluding carboxylic acids is 1. The predicted molar refractivity (Wildman–Crippen MR) is 44.3 cm³/mol. The van der Waals surface area contributed by atoms with Crippen LogP contribution in [0.2, 0.25) is 0 Å². The summed E-state index contributed by atoms with van der Waals surface area (Å²) in [5, 5.41) is 0. The van der Waals surface area contributed by atoms with Crippen molar-refractivity contribution in [3.05, 3.63) is 29.6 Å². The molecule has 0 atom stereocenters. The summed E-state index contributed by atoms with van der Waals surface area (Å²) in [5.74, 6) is -0.190. The highest BCUT2D eigenvalue weighted by atomic mass is 16.5. The smallest absolute Gasteiger partial charge is 0.334 e. The Kier molecular flexibility index (Phi) is 1.70. The first-order valence-electron chi connectivity index (χ1n) is 3.87. The highest BCUT2D eigenvalue weighted by molar-refractivity contribution is 5.94. The minimum Gasteiger partial charge on any atom is -0.462 e. The van der Waals surface area contributed by atoms with E-state index in [9.17, 15) is 4.79 Å². The van der Waals surface area contributed by atoms with Gasteiger partial charge in [-0.25, -0.2) is 4.79 Å². The van der Waals surface area contributed by atoms with Crippen molar-refractivity contribution in [3.8, 4) is 0 Å². The Bertz CT molecular complexity index is 311. The van der Waals surface area contributed by atoms with Gasteiger partial charge in [0.25, 0.3) is 0 Å². The standard InChI is InChI=1S/C9H9NO2/c11-9-7(3-5-12-9)6-8-2-1-4-10-8/h1-2,4,6,10H,3,5H2/b7-6-. The molecule has 1 aliphatic rings. The topological polar surface area (TPSA) is 42.1 Å². The minimum absolute atomic E-state index is 0.190. The van der Waals surface area contributed by atoms with Crippen LogP contribution in [0.15, 0.2) is 23.9 Å². The van der Waals surface area contributed by atoms with Gasteiger partial charge in [-0.2, -0.15) is 0 Å². The molecule has 62 valence electrons. The molecule has 0 saturated carbocycles. The Balaban J connectivity index is 2.23. The van der Waals surface area contributed by atoms with Crippen LogP contribution in [0.1, 0.15) is 12.1 Å². The summed E-state index contributed by atoms with van der Waals surface area (Å²) in [6.07, 6.45) is 4.37. The van der Waals surface area contributed by atoms with Crippen LogP contribution in [0, 0.1) is 0 Å². The quantitative estimate of drug-likeness (QED) is 0.501. The van der Waals surface area contributed by atoms with Crippen molar-refractivity contribution in [1.29, 1.82) is 0 Å². The van der Waals surface area contributed by atoms with E-state index in [1.165, 1.54) is 0 Å². The van der Waals surface area contributed by atoms with E-state index in [1.54, 1.807) is 0 Å². The van der Waals surface area contributed by atoms with Crippen molar-refractivity contribution in [1.82, 2.24) is 4.98 Å². The third-order valence-electron chi connectivity index (χ3n) is 1.82. The summed E-state index contributed by atoms with van der Waals surface area (Å²) in [4.78, 5) is 14.0. The molecule has 1 aromatic rings. The highest BCUT2D eigenvalue weighted by Crippen LogP contribution is 2.15. The molecular weight excluding hydrogens is 154 g/mol. The second-order valence-electron chi connectivity index (χ2n) is 2.68. The maximum atomic E-state index is 11.0. The summed E-state index contributed by atoms with van der Waals surface area (Å²) in [6.45, 7) is 0.519. The van der Waals surface area contributed by atoms with Gasteiger partial charge in [-0.05, 0) is 18.2 Å². The first-order valence-corrected chi connectivity index (χ1v) is 3.87. The molecule has 0 amide bonds. The minimum atomic E-state index is -0.190. The SMILES string of the molecule is O=C1OCC/C1=C/c1ccc[nH]1. The van der Waals surface area contributed by atoms with Crippen LogP contribution in [-0.2, 0) is 9.53 Å². The maximum Gasteiger partial charge on any atom is 0.334 e. The fourth-order valence-corrected chi connectivity index (χ4v) is 1.20. The van der Waals surface area contributed by atoms with Gasteiger partial charge in [-0.3, -0.25) is 0 Å². The largest absolute Gasteiger partial charge is 0.462 e. The Morgan fingerprint density at radius 2 is 2.50 bits per heavy atom. The number of rotatable bonds is 1. The molecule has 1 N–H and O–H groups in total. The van der Waals surface area contributed by atoms with E-state index in [0.717, 1.165) is 17.7 Å². The second-order valence-corrected chi connectivity index (χ2v) is 2.68. The molecule has 2 heterocycles. The van der Waals surface area contributed by atoms with Crippen molar-refractivity contribution in [2.24, 2.45) is 0 Å². The molecule has 0 bridgehead atoms. The Labute approximate surface area is 70.0 Å². The molecule has 3 heteroatoms. The molecule has 2 rings (SSSR count). The number of ether oxygens (including phenoxy) is 1. The lowest BCUT2D eigenvalue weighted by Crippen LogP contribution is -1.94. The van der Waals surface area contributed by atoms with E-state index in [-0.39, 0.29) is 5.97 Å². The zero-order valence-corrected chi connectivity index (χ0v) is 6.54. The third kappa shape index (κ3) is 1.25. The Morgan fingerprint density at radius 1 is 1.58 bits per heavy atom. The van der Waals surface area contributed by atoms with E-state index < -0.39 is 0 Å². The number of esters is 1. The average molecular weight is 163 g/mol. The normalized spacial score (nSPS) is 20.0. The van der Waals surface area contributed by atoms with Crippen LogP contribution < -0.4 is 0 Å². The molecule has 0 unspecified atom stereocenters. The van der Waals surface area contributed by atoms with Gasteiger partial charge in [0.05, 0.1) is 6.61 Å². The van der Waals surface area contributed by atoms with Gasteiger partial charge in [0, 0.05) is 23.9 Å². The fraction of sp³-hybridized carbons (Fsp3) is 0.222. The van der Waals surface area contributed by atoms with Crippen LogP contribution in [0.5, 0.6) is 0 Å². The molecule has 1 fully saturated rings. The maximum absolute atomic E-state index is 11.0. The summed E-state index contributed by atoms with van der Waals surface area (Å²) >= 11 is 0. The predicted octanol–water partition coefficient (Wildman–Crippen LogP) is 1.34. The molecule has 3 nitrogen and oxygen atoms in total. The van der Waals surface area contributed by atoms with Crippen LogP contribution in [-0.4, -0.2) is 17.6 Å². The van der Waals surface area contributed by atoms with Crippen molar-refractivity contribution in [2.75, 3.05) is 6.61 Å². The molecule has 1 aromatic heterocycles. The van der Waals surface area contributed by atoms with Gasteiger partial charge in [0.2, 0.25) is 0 Å². The number of hydrogen-bond acceptors (Lipinski definition) is 2. The van der Waals surface area contributed by atoms with E-state index in [1.807, 2.05) is 24.4 Å². The number of carbonyl (C=O) groups is 1. The number of H-pyrrole nitrogens is 1. The number of hydrogen-bond donors (Lipinski definition) is 1. The Morgan fingerprint density at radius 3 is 3.08 bits per heavy atom. The van der Waals surface area contributed by atoms with Gasteiger partial charge in [0.1, 0.15) is 0 Å². The van der Waals surface area contributed by atoms with Gasteiger partial charge >= 0.3 is 5.97 Å². The van der Waals surface area contributed by atoms with Gasteiger partial charge in [-0.1, -0.05) is 0 Å². The van der Waals surface area contributed by atoms with Crippen molar-refractivity contribution < 1.29 is 9.53 Å². The Hall–Kier alpha value is -1.51. The molecule has 0 aromatic carbocycles. The van der Waals surface area contributed by atoms with Crippen molar-refractivity contribution >= 4 is 12.0 Å². The molecule has 0 spiro atoms. The molecule has 12 heavy (non-hydrogen) atoms. The monoisotopic (exact) mass is 163 g/mol. The summed E-state index contributed by atoms with van der Waals surface area (Å²) in [6, 6.07) is 3.81. The van der Waals surface area contributed by atoms with Gasteiger partial charge in [0.15, 0.2) is 0 Å². The highest BCUT2D eigenvalue weighted by Gasteiger charge is 2.18.